The lowest BCUT2D eigenvalue weighted by Gasteiger charge is -2.36. The van der Waals surface area contributed by atoms with E-state index in [4.69, 9.17) is 9.47 Å². The van der Waals surface area contributed by atoms with Crippen molar-refractivity contribution in [3.05, 3.63) is 95.6 Å². The van der Waals surface area contributed by atoms with Crippen LogP contribution in [0.15, 0.2) is 82.8 Å². The number of pyridine rings is 2. The van der Waals surface area contributed by atoms with Crippen LogP contribution in [0.3, 0.4) is 0 Å². The van der Waals surface area contributed by atoms with Gasteiger partial charge in [-0.05, 0) is 43.3 Å². The highest BCUT2D eigenvalue weighted by atomic mass is 32.2. The molecule has 0 aliphatic heterocycles. The number of phenols is 2. The molecule has 0 saturated carbocycles. The smallest absolute Gasteiger partial charge is 0.317 e. The van der Waals surface area contributed by atoms with Gasteiger partial charge in [0.2, 0.25) is 0 Å². The first-order valence-corrected chi connectivity index (χ1v) is 18.1. The lowest BCUT2D eigenvalue weighted by molar-refractivity contribution is -0.139. The summed E-state index contributed by atoms with van der Waals surface area (Å²) < 4.78 is 79.6. The molecule has 17 nitrogen and oxygen atoms in total. The number of hydrogen-bond donors (Lipinski definition) is 5. The van der Waals surface area contributed by atoms with Crippen molar-refractivity contribution in [2.45, 2.75) is 28.8 Å². The molecule has 2 heterocycles. The number of nitrogens with zero attached hydrogens (tertiary/aromatic N) is 4. The van der Waals surface area contributed by atoms with Crippen molar-refractivity contribution in [3.63, 3.8) is 0 Å². The molecular formula is C33H36N4O13S2. The molecule has 19 heteroatoms. The monoisotopic (exact) mass is 760 g/mol. The molecule has 0 bridgehead atoms. The molecule has 0 fully saturated rings. The van der Waals surface area contributed by atoms with Crippen molar-refractivity contribution < 1.29 is 60.3 Å². The van der Waals surface area contributed by atoms with Gasteiger partial charge in [-0.2, -0.15) is 16.8 Å². The van der Waals surface area contributed by atoms with E-state index >= 15 is 0 Å². The van der Waals surface area contributed by atoms with Gasteiger partial charge in [-0.15, -0.1) is 0 Å². The van der Waals surface area contributed by atoms with E-state index < -0.39 is 71.9 Å². The second-order valence-corrected chi connectivity index (χ2v) is 14.2. The van der Waals surface area contributed by atoms with Gasteiger partial charge in [-0.1, -0.05) is 12.1 Å². The zero-order valence-electron chi connectivity index (χ0n) is 28.0. The van der Waals surface area contributed by atoms with E-state index in [0.29, 0.717) is 0 Å². The quantitative estimate of drug-likeness (QED) is 0.0969. The van der Waals surface area contributed by atoms with Gasteiger partial charge >= 0.3 is 5.97 Å². The van der Waals surface area contributed by atoms with E-state index in [1.807, 2.05) is 0 Å². The summed E-state index contributed by atoms with van der Waals surface area (Å²) >= 11 is 0. The topological polar surface area (TPSA) is 254 Å². The third kappa shape index (κ3) is 9.37. The first kappa shape index (κ1) is 39.6. The van der Waals surface area contributed by atoms with E-state index in [0.717, 1.165) is 12.1 Å². The number of carbonyl (C=O) groups excluding carboxylic acids is 1. The second kappa shape index (κ2) is 16.4. The number of ether oxygens (including phenoxy) is 2. The number of carbonyl (C=O) groups is 2. The van der Waals surface area contributed by atoms with Crippen molar-refractivity contribution in [3.8, 4) is 23.0 Å². The zero-order valence-corrected chi connectivity index (χ0v) is 29.7. The maximum absolute atomic E-state index is 12.8. The van der Waals surface area contributed by atoms with Crippen molar-refractivity contribution in [2.24, 2.45) is 0 Å². The molecule has 0 saturated heterocycles. The summed E-state index contributed by atoms with van der Waals surface area (Å²) in [5.41, 5.74) is 0.0230. The molecule has 4 aromatic rings. The fourth-order valence-electron chi connectivity index (χ4n) is 5.73. The molecule has 1 unspecified atom stereocenters. The third-order valence-electron chi connectivity index (χ3n) is 7.88. The molecule has 2 aromatic heterocycles. The SMILES string of the molecule is COc1cc(C(c2ccccn2)N(CCN(CC(C)=O)[C@H](c2ccccn2)c2cc(OC)cc(S(=O)(=O)O)c2O)CC(=O)O)c(O)c(S(=O)(=O)O)c1. The Morgan fingerprint density at radius 1 is 0.712 bits per heavy atom. The number of carboxylic acid groups (broad SMARTS) is 1. The predicted octanol–water partition coefficient (Wildman–Crippen LogP) is 2.55. The van der Waals surface area contributed by atoms with Gasteiger partial charge in [0.1, 0.15) is 38.6 Å². The Hall–Kier alpha value is -5.18. The minimum absolute atomic E-state index is 0.0741. The third-order valence-corrected chi connectivity index (χ3v) is 9.61. The van der Waals surface area contributed by atoms with Gasteiger partial charge < -0.3 is 24.8 Å². The lowest BCUT2D eigenvalue weighted by Crippen LogP contribution is -2.43. The number of aromatic hydroxyl groups is 2. The van der Waals surface area contributed by atoms with Crippen LogP contribution in [0.5, 0.6) is 23.0 Å². The summed E-state index contributed by atoms with van der Waals surface area (Å²) in [6.45, 7) is -0.304. The van der Waals surface area contributed by atoms with Crippen molar-refractivity contribution >= 4 is 32.0 Å². The standard InChI is InChI=1S/C33H36N4O13S2/c1-20(38)18-36(30(25-8-4-6-10-34-25)23-14-21(49-2)16-27(32(23)41)51(43,44)45)12-13-37(19-29(39)40)31(26-9-5-7-11-35-26)24-15-22(50-3)17-28(33(24)42)52(46,47)48/h4-11,14-17,30-31,41-42H,12-13,18-19H2,1-3H3,(H,39,40)(H,43,44,45)(H,46,47,48)/t30-,31?/m0/s1. The lowest BCUT2D eigenvalue weighted by atomic mass is 9.98. The fraction of sp³-hybridized carbons (Fsp3) is 0.273. The number of carboxylic acids is 1. The Kier molecular flexibility index (Phi) is 12.5. The van der Waals surface area contributed by atoms with Crippen LogP contribution in [0.4, 0.5) is 0 Å². The molecule has 4 rings (SSSR count). The van der Waals surface area contributed by atoms with Gasteiger partial charge in [0.05, 0.1) is 50.8 Å². The molecule has 0 aliphatic carbocycles. The van der Waals surface area contributed by atoms with Crippen LogP contribution in [-0.4, -0.2) is 113 Å². The van der Waals surface area contributed by atoms with E-state index in [2.05, 4.69) is 9.97 Å². The normalized spacial score (nSPS) is 13.1. The van der Waals surface area contributed by atoms with Crippen LogP contribution in [0.2, 0.25) is 0 Å². The van der Waals surface area contributed by atoms with Crippen LogP contribution in [0.25, 0.3) is 0 Å². The molecule has 0 aliphatic rings. The highest BCUT2D eigenvalue weighted by Crippen LogP contribution is 2.42. The Labute approximate surface area is 299 Å². The molecule has 2 aromatic carbocycles. The number of methoxy groups -OCH3 is 2. The minimum Gasteiger partial charge on any atom is -0.506 e. The van der Waals surface area contributed by atoms with Crippen molar-refractivity contribution in [1.29, 1.82) is 0 Å². The van der Waals surface area contributed by atoms with E-state index in [9.17, 15) is 50.8 Å². The molecular weight excluding hydrogens is 725 g/mol. The number of hydrogen-bond acceptors (Lipinski definition) is 14. The zero-order chi connectivity index (χ0) is 38.4. The molecule has 278 valence electrons. The Morgan fingerprint density at radius 2 is 1.12 bits per heavy atom. The van der Waals surface area contributed by atoms with Gasteiger partial charge in [-0.3, -0.25) is 38.5 Å². The van der Waals surface area contributed by atoms with Crippen LogP contribution in [0, 0.1) is 0 Å². The largest absolute Gasteiger partial charge is 0.506 e. The van der Waals surface area contributed by atoms with Crippen molar-refractivity contribution in [2.75, 3.05) is 40.4 Å². The second-order valence-electron chi connectivity index (χ2n) is 11.4. The summed E-state index contributed by atoms with van der Waals surface area (Å²) in [7, 11) is -7.57. The number of phenolic OH excluding ortho intramolecular Hbond substituents is 2. The highest BCUT2D eigenvalue weighted by Gasteiger charge is 2.35. The molecule has 0 radical (unpaired) electrons. The Balaban J connectivity index is 1.94. The number of benzene rings is 2. The van der Waals surface area contributed by atoms with E-state index in [1.54, 1.807) is 30.3 Å². The average molecular weight is 761 g/mol. The number of Topliss-reactive ketones (excluding diaryl/α,β-unsaturated/α-hetero) is 1. The molecule has 0 amide bonds. The maximum Gasteiger partial charge on any atom is 0.317 e. The molecule has 5 N–H and O–H groups in total. The summed E-state index contributed by atoms with van der Waals surface area (Å²) in [6.07, 6.45) is 2.81. The van der Waals surface area contributed by atoms with E-state index in [-0.39, 0.29) is 53.6 Å². The first-order chi connectivity index (χ1) is 24.5. The Bertz CT molecular complexity index is 1980. The molecule has 52 heavy (non-hydrogen) atoms. The van der Waals surface area contributed by atoms with Crippen LogP contribution >= 0.6 is 0 Å². The number of aromatic nitrogens is 2. The van der Waals surface area contributed by atoms with Gasteiger partial charge in [0.15, 0.2) is 0 Å². The van der Waals surface area contributed by atoms with Crippen LogP contribution < -0.4 is 9.47 Å². The number of aliphatic carboxylic acids is 1. The summed E-state index contributed by atoms with van der Waals surface area (Å²) in [6, 6.07) is 11.2. The fourth-order valence-corrected chi connectivity index (χ4v) is 6.98. The number of rotatable bonds is 17. The van der Waals surface area contributed by atoms with Gasteiger partial charge in [-0.25, -0.2) is 0 Å². The minimum atomic E-state index is -5.02. The molecule has 2 atom stereocenters. The van der Waals surface area contributed by atoms with E-state index in [1.165, 1.54) is 61.5 Å². The highest BCUT2D eigenvalue weighted by molar-refractivity contribution is 7.86. The average Bonchev–Trinajstić information content (AvgIpc) is 3.08. The summed E-state index contributed by atoms with van der Waals surface area (Å²) in [5, 5.41) is 32.6. The van der Waals surface area contributed by atoms with Crippen LogP contribution in [-0.2, 0) is 29.8 Å². The van der Waals surface area contributed by atoms with Gasteiger partial charge in [0.25, 0.3) is 20.2 Å². The maximum atomic E-state index is 12.8. The summed E-state index contributed by atoms with van der Waals surface area (Å²) in [4.78, 5) is 34.9. The van der Waals surface area contributed by atoms with Crippen LogP contribution in [0.1, 0.15) is 41.5 Å². The number of ketones is 1. The van der Waals surface area contributed by atoms with Crippen molar-refractivity contribution in [1.82, 2.24) is 19.8 Å². The predicted molar refractivity (Wildman–Crippen MR) is 183 cm³/mol. The summed E-state index contributed by atoms with van der Waals surface area (Å²) in [5.74, 6) is -3.68. The molecule has 0 spiro atoms. The Morgan fingerprint density at radius 3 is 1.42 bits per heavy atom. The van der Waals surface area contributed by atoms with Gasteiger partial charge in [0, 0.05) is 48.7 Å². The first-order valence-electron chi connectivity index (χ1n) is 15.2.